The topological polar surface area (TPSA) is 191 Å². The van der Waals surface area contributed by atoms with E-state index in [1.807, 2.05) is 0 Å². The quantitative estimate of drug-likeness (QED) is 0.310. The zero-order chi connectivity index (χ0) is 36.5. The number of amides is 2. The number of aliphatic carboxylic acids is 1. The molecule has 2 aliphatic heterocycles. The van der Waals surface area contributed by atoms with E-state index >= 15 is 0 Å². The van der Waals surface area contributed by atoms with Gasteiger partial charge in [-0.15, -0.1) is 0 Å². The molecule has 49 heavy (non-hydrogen) atoms. The maximum absolute atomic E-state index is 12.0. The summed E-state index contributed by atoms with van der Waals surface area (Å²) in [6.45, 7) is 0.744. The number of hydrogen-bond donors (Lipinski definition) is 1. The number of esters is 1. The molecule has 0 spiro atoms. The molecule has 270 valence electrons. The zero-order valence-electron chi connectivity index (χ0n) is 28.2. The predicted octanol–water partition coefficient (Wildman–Crippen LogP) is 3.22. The molecular formula is C33H44N2O12S2. The lowest BCUT2D eigenvalue weighted by Crippen LogP contribution is -2.48. The number of carbonyl (C=O) groups is 4. The van der Waals surface area contributed by atoms with Crippen molar-refractivity contribution in [3.05, 3.63) is 59.7 Å². The Balaban J connectivity index is 0.000000266. The van der Waals surface area contributed by atoms with Crippen molar-refractivity contribution in [1.29, 1.82) is 0 Å². The van der Waals surface area contributed by atoms with E-state index < -0.39 is 43.7 Å². The fraction of sp³-hybridized carbons (Fsp3) is 0.515. The fourth-order valence-corrected chi connectivity index (χ4v) is 7.36. The van der Waals surface area contributed by atoms with Gasteiger partial charge in [0.2, 0.25) is 0 Å². The van der Waals surface area contributed by atoms with Gasteiger partial charge in [-0.3, -0.25) is 9.59 Å². The highest BCUT2D eigenvalue weighted by Crippen LogP contribution is 2.28. The summed E-state index contributed by atoms with van der Waals surface area (Å²) in [5, 5.41) is 9.23. The van der Waals surface area contributed by atoms with Crippen molar-refractivity contribution >= 4 is 43.8 Å². The molecule has 4 atom stereocenters. The van der Waals surface area contributed by atoms with E-state index in [1.165, 1.54) is 33.5 Å². The Kier molecular flexibility index (Phi) is 13.6. The van der Waals surface area contributed by atoms with Gasteiger partial charge in [0.05, 0.1) is 43.0 Å². The number of ether oxygens (including phenoxy) is 3. The highest BCUT2D eigenvalue weighted by molar-refractivity contribution is 7.91. The summed E-state index contributed by atoms with van der Waals surface area (Å²) in [6, 6.07) is 12.5. The number of carboxylic acids is 1. The third-order valence-electron chi connectivity index (χ3n) is 8.78. The van der Waals surface area contributed by atoms with Crippen molar-refractivity contribution in [3.63, 3.8) is 0 Å². The highest BCUT2D eigenvalue weighted by atomic mass is 32.2. The average Bonchev–Trinajstić information content (AvgIpc) is 3.07. The number of sulfone groups is 2. The van der Waals surface area contributed by atoms with Crippen LogP contribution in [0, 0.1) is 11.8 Å². The van der Waals surface area contributed by atoms with Gasteiger partial charge in [-0.25, -0.2) is 26.4 Å². The molecule has 2 saturated heterocycles. The molecule has 2 aromatic rings. The van der Waals surface area contributed by atoms with Crippen LogP contribution < -0.4 is 0 Å². The molecule has 16 heteroatoms. The maximum atomic E-state index is 12.0. The van der Waals surface area contributed by atoms with Gasteiger partial charge in [-0.2, -0.15) is 0 Å². The number of carbonyl (C=O) groups excluding carboxylic acids is 3. The summed E-state index contributed by atoms with van der Waals surface area (Å²) in [4.78, 5) is 50.6. The molecule has 0 saturated carbocycles. The Bertz CT molecular complexity index is 1690. The summed E-state index contributed by atoms with van der Waals surface area (Å²) in [7, 11) is -2.54. The van der Waals surface area contributed by atoms with Crippen molar-refractivity contribution < 1.29 is 55.3 Å². The molecule has 14 nitrogen and oxygen atoms in total. The number of likely N-dealkylation sites (tertiary alicyclic amines) is 2. The molecule has 4 unspecified atom stereocenters. The van der Waals surface area contributed by atoms with Gasteiger partial charge in [-0.1, -0.05) is 24.3 Å². The number of benzene rings is 2. The first kappa shape index (κ1) is 39.3. The van der Waals surface area contributed by atoms with Crippen LogP contribution in [0.4, 0.5) is 9.59 Å². The van der Waals surface area contributed by atoms with Crippen molar-refractivity contribution in [2.75, 3.05) is 46.9 Å². The second kappa shape index (κ2) is 17.0. The Morgan fingerprint density at radius 2 is 1.02 bits per heavy atom. The summed E-state index contributed by atoms with van der Waals surface area (Å²) < 4.78 is 60.5. The number of piperidine rings is 2. The van der Waals surface area contributed by atoms with Crippen LogP contribution >= 0.6 is 0 Å². The van der Waals surface area contributed by atoms with E-state index in [2.05, 4.69) is 0 Å². The minimum absolute atomic E-state index is 0.214. The fourth-order valence-electron chi connectivity index (χ4n) is 6.10. The van der Waals surface area contributed by atoms with E-state index in [0.717, 1.165) is 23.6 Å². The van der Waals surface area contributed by atoms with Crippen molar-refractivity contribution in [2.24, 2.45) is 11.8 Å². The molecule has 0 bridgehead atoms. The van der Waals surface area contributed by atoms with Crippen molar-refractivity contribution in [2.45, 2.75) is 60.4 Å². The van der Waals surface area contributed by atoms with Crippen LogP contribution in [-0.4, -0.2) is 115 Å². The van der Waals surface area contributed by atoms with Crippen LogP contribution in [0.1, 0.15) is 36.8 Å². The molecule has 2 heterocycles. The summed E-state index contributed by atoms with van der Waals surface area (Å²) >= 11 is 0. The minimum atomic E-state index is -3.26. The van der Waals surface area contributed by atoms with Crippen LogP contribution in [0.5, 0.6) is 0 Å². The molecule has 0 radical (unpaired) electrons. The van der Waals surface area contributed by atoms with Crippen LogP contribution in [0.15, 0.2) is 58.3 Å². The van der Waals surface area contributed by atoms with Crippen LogP contribution in [0.25, 0.3) is 0 Å². The lowest BCUT2D eigenvalue weighted by atomic mass is 9.88. The second-order valence-corrected chi connectivity index (χ2v) is 16.2. The molecule has 0 aliphatic carbocycles. The Morgan fingerprint density at radius 1 is 0.653 bits per heavy atom. The van der Waals surface area contributed by atoms with Gasteiger partial charge in [0.15, 0.2) is 19.7 Å². The standard InChI is InChI=1S/C17H23NO6S.C16H21NO6S/c1-23-16(19)13-8-9-18(17(20)24-2)14(11-13)10-12-4-6-15(7-5-12)25(3,21)22;1-23-16(20)17-8-7-12(15(18)19)10-13(17)9-11-3-5-14(6-4-11)24(2,21)22/h4-7,13-14H,8-11H2,1-3H3;3-6,12-13H,7-10H2,1-2H3,(H,18,19). The zero-order valence-corrected chi connectivity index (χ0v) is 29.9. The number of nitrogens with zero attached hydrogens (tertiary/aromatic N) is 2. The lowest BCUT2D eigenvalue weighted by Gasteiger charge is -2.37. The van der Waals surface area contributed by atoms with Crippen LogP contribution in [-0.2, 0) is 56.3 Å². The number of methoxy groups -OCH3 is 3. The normalized spacial score (nSPS) is 21.1. The molecule has 2 fully saturated rings. The van der Waals surface area contributed by atoms with Crippen molar-refractivity contribution in [1.82, 2.24) is 9.80 Å². The molecule has 1 N–H and O–H groups in total. The summed E-state index contributed by atoms with van der Waals surface area (Å²) in [6.07, 6.45) is 4.10. The monoisotopic (exact) mass is 724 g/mol. The van der Waals surface area contributed by atoms with Gasteiger partial charge in [0, 0.05) is 37.7 Å². The van der Waals surface area contributed by atoms with Gasteiger partial charge in [0.25, 0.3) is 0 Å². The molecule has 2 aliphatic rings. The molecular weight excluding hydrogens is 680 g/mol. The molecule has 2 aromatic carbocycles. The lowest BCUT2D eigenvalue weighted by molar-refractivity contribution is -0.147. The Hall–Kier alpha value is -4.18. The highest BCUT2D eigenvalue weighted by Gasteiger charge is 2.37. The molecule has 4 rings (SSSR count). The average molecular weight is 725 g/mol. The SMILES string of the molecule is COC(=O)C1CCN(C(=O)OC)C(Cc2ccc(S(C)(=O)=O)cc2)C1.COC(=O)N1CCC(C(=O)O)CC1Cc1ccc(S(C)(=O)=O)cc1. The number of rotatable bonds is 8. The van der Waals surface area contributed by atoms with Crippen LogP contribution in [0.2, 0.25) is 0 Å². The van der Waals surface area contributed by atoms with E-state index in [4.69, 9.17) is 14.2 Å². The molecule has 0 aromatic heterocycles. The van der Waals surface area contributed by atoms with Crippen molar-refractivity contribution in [3.8, 4) is 0 Å². The van der Waals surface area contributed by atoms with E-state index in [9.17, 15) is 41.1 Å². The number of carboxylic acid groups (broad SMARTS) is 1. The summed E-state index contributed by atoms with van der Waals surface area (Å²) in [5.74, 6) is -1.89. The molecule has 2 amide bonds. The number of hydrogen-bond acceptors (Lipinski definition) is 11. The Morgan fingerprint density at radius 3 is 1.35 bits per heavy atom. The van der Waals surface area contributed by atoms with E-state index in [0.29, 0.717) is 51.6 Å². The van der Waals surface area contributed by atoms with Crippen LogP contribution in [0.3, 0.4) is 0 Å². The van der Waals surface area contributed by atoms with Gasteiger partial charge < -0.3 is 29.1 Å². The van der Waals surface area contributed by atoms with Gasteiger partial charge in [-0.05, 0) is 73.9 Å². The summed E-state index contributed by atoms with van der Waals surface area (Å²) in [5.41, 5.74) is 1.73. The largest absolute Gasteiger partial charge is 0.481 e. The Labute approximate surface area is 287 Å². The third-order valence-corrected chi connectivity index (χ3v) is 11.0. The first-order valence-corrected chi connectivity index (χ1v) is 19.3. The first-order valence-electron chi connectivity index (χ1n) is 15.6. The third kappa shape index (κ3) is 10.9. The van der Waals surface area contributed by atoms with Gasteiger partial charge >= 0.3 is 24.1 Å². The second-order valence-electron chi connectivity index (χ2n) is 12.2. The predicted molar refractivity (Wildman–Crippen MR) is 177 cm³/mol. The van der Waals surface area contributed by atoms with E-state index in [1.54, 1.807) is 46.2 Å². The van der Waals surface area contributed by atoms with Gasteiger partial charge in [0.1, 0.15) is 0 Å². The minimum Gasteiger partial charge on any atom is -0.481 e. The smallest absolute Gasteiger partial charge is 0.409 e. The maximum Gasteiger partial charge on any atom is 0.409 e. The van der Waals surface area contributed by atoms with E-state index in [-0.39, 0.29) is 33.8 Å². The first-order chi connectivity index (χ1) is 23.0.